The minimum Gasteiger partial charge on any atom is -0.491 e. The minimum atomic E-state index is 0. The van der Waals surface area contributed by atoms with Crippen LogP contribution >= 0.6 is 24.0 Å². The van der Waals surface area contributed by atoms with Crippen molar-refractivity contribution in [2.45, 2.75) is 46.6 Å². The lowest BCUT2D eigenvalue weighted by Gasteiger charge is -2.13. The Morgan fingerprint density at radius 2 is 1.82 bits per heavy atom. The second kappa shape index (κ2) is 18.0. The molecule has 0 radical (unpaired) electrons. The summed E-state index contributed by atoms with van der Waals surface area (Å²) in [4.78, 5) is 4.69. The number of hydrogen-bond donors (Lipinski definition) is 2. The van der Waals surface area contributed by atoms with Gasteiger partial charge in [0.15, 0.2) is 5.96 Å². The van der Waals surface area contributed by atoms with Crippen LogP contribution in [0.15, 0.2) is 23.2 Å². The maximum absolute atomic E-state index is 5.84. The number of hydrogen-bond acceptors (Lipinski definition) is 4. The lowest BCUT2D eigenvalue weighted by molar-refractivity contribution is 0.129. The fraction of sp³-hybridized carbons (Fsp3) is 0.667. The van der Waals surface area contributed by atoms with Crippen LogP contribution in [-0.2, 0) is 16.0 Å². The molecule has 0 atom stereocenters. The number of halogens is 1. The maximum atomic E-state index is 5.84. The highest BCUT2D eigenvalue weighted by Gasteiger charge is 2.05. The highest BCUT2D eigenvalue weighted by atomic mass is 127. The first kappa shape index (κ1) is 26.9. The summed E-state index contributed by atoms with van der Waals surface area (Å²) >= 11 is 0. The van der Waals surface area contributed by atoms with Crippen LogP contribution in [0.25, 0.3) is 0 Å². The molecule has 1 aromatic carbocycles. The molecule has 0 aromatic heterocycles. The number of nitrogens with one attached hydrogen (secondary N) is 2. The molecule has 0 saturated heterocycles. The van der Waals surface area contributed by atoms with Gasteiger partial charge in [-0.15, -0.1) is 24.0 Å². The van der Waals surface area contributed by atoms with Gasteiger partial charge in [0.25, 0.3) is 0 Å². The molecule has 0 saturated carbocycles. The first-order valence-electron chi connectivity index (χ1n) is 10.0. The summed E-state index contributed by atoms with van der Waals surface area (Å²) < 4.78 is 16.5. The molecule has 0 amide bonds. The van der Waals surface area contributed by atoms with Crippen molar-refractivity contribution in [2.75, 3.05) is 46.6 Å². The predicted octanol–water partition coefficient (Wildman–Crippen LogP) is 3.90. The van der Waals surface area contributed by atoms with Crippen LogP contribution in [-0.4, -0.2) is 52.6 Å². The van der Waals surface area contributed by atoms with E-state index in [0.29, 0.717) is 19.8 Å². The second-order valence-corrected chi connectivity index (χ2v) is 6.39. The molecule has 1 aromatic rings. The molecule has 0 unspecified atom stereocenters. The van der Waals surface area contributed by atoms with Gasteiger partial charge in [0.1, 0.15) is 12.4 Å². The molecule has 6 nitrogen and oxygen atoms in total. The average molecular weight is 507 g/mol. The van der Waals surface area contributed by atoms with E-state index in [0.717, 1.165) is 56.4 Å². The standard InChI is InChI=1S/C21H37N3O3.HI/c1-5-7-12-26-13-8-11-23-21(22-6-2)24-17-19-10-9-18(3)16-20(19)27-15-14-25-4;/h9-10,16H,5-8,11-15,17H2,1-4H3,(H2,22,23,24);1H. The topological polar surface area (TPSA) is 64.1 Å². The predicted molar refractivity (Wildman–Crippen MR) is 127 cm³/mol. The van der Waals surface area contributed by atoms with Crippen LogP contribution in [0.4, 0.5) is 0 Å². The van der Waals surface area contributed by atoms with Crippen molar-refractivity contribution in [1.29, 1.82) is 0 Å². The number of aliphatic imine (C=N–C) groups is 1. The summed E-state index contributed by atoms with van der Waals surface area (Å²) in [5, 5.41) is 6.65. The number of benzene rings is 1. The van der Waals surface area contributed by atoms with Gasteiger partial charge in [0.2, 0.25) is 0 Å². The van der Waals surface area contributed by atoms with E-state index in [9.17, 15) is 0 Å². The van der Waals surface area contributed by atoms with Gasteiger partial charge in [-0.05, 0) is 38.3 Å². The third kappa shape index (κ3) is 12.4. The molecule has 162 valence electrons. The zero-order valence-electron chi connectivity index (χ0n) is 17.9. The number of nitrogens with zero attached hydrogens (tertiary/aromatic N) is 1. The molecule has 0 fully saturated rings. The molecule has 0 aliphatic rings. The molecule has 28 heavy (non-hydrogen) atoms. The van der Waals surface area contributed by atoms with Gasteiger partial charge in [-0.2, -0.15) is 0 Å². The largest absolute Gasteiger partial charge is 0.491 e. The lowest BCUT2D eigenvalue weighted by Crippen LogP contribution is -2.38. The van der Waals surface area contributed by atoms with Crippen molar-refractivity contribution in [1.82, 2.24) is 10.6 Å². The summed E-state index contributed by atoms with van der Waals surface area (Å²) in [6, 6.07) is 6.21. The van der Waals surface area contributed by atoms with Gasteiger partial charge in [-0.1, -0.05) is 25.5 Å². The smallest absolute Gasteiger partial charge is 0.191 e. The van der Waals surface area contributed by atoms with E-state index < -0.39 is 0 Å². The molecule has 0 bridgehead atoms. The Balaban J connectivity index is 0.00000729. The van der Waals surface area contributed by atoms with E-state index in [4.69, 9.17) is 19.2 Å². The van der Waals surface area contributed by atoms with Crippen LogP contribution in [0.5, 0.6) is 5.75 Å². The number of ether oxygens (including phenoxy) is 3. The van der Waals surface area contributed by atoms with Gasteiger partial charge >= 0.3 is 0 Å². The normalized spacial score (nSPS) is 11.1. The molecule has 0 spiro atoms. The van der Waals surface area contributed by atoms with Crippen LogP contribution in [0.1, 0.15) is 44.2 Å². The fourth-order valence-electron chi connectivity index (χ4n) is 2.40. The Morgan fingerprint density at radius 3 is 2.54 bits per heavy atom. The molecule has 0 heterocycles. The maximum Gasteiger partial charge on any atom is 0.191 e. The van der Waals surface area contributed by atoms with Gasteiger partial charge in [-0.3, -0.25) is 0 Å². The van der Waals surface area contributed by atoms with E-state index in [1.165, 1.54) is 12.0 Å². The highest BCUT2D eigenvalue weighted by Crippen LogP contribution is 2.21. The molecule has 1 rings (SSSR count). The van der Waals surface area contributed by atoms with E-state index >= 15 is 0 Å². The van der Waals surface area contributed by atoms with E-state index in [1.54, 1.807) is 7.11 Å². The molecule has 2 N–H and O–H groups in total. The Hall–Kier alpha value is -1.06. The van der Waals surface area contributed by atoms with Crippen LogP contribution < -0.4 is 15.4 Å². The molecule has 0 aliphatic carbocycles. The Bertz CT molecular complexity index is 542. The molecule has 7 heteroatoms. The third-order valence-electron chi connectivity index (χ3n) is 3.92. The van der Waals surface area contributed by atoms with Gasteiger partial charge in [-0.25, -0.2) is 4.99 Å². The van der Waals surface area contributed by atoms with Crippen LogP contribution in [0.2, 0.25) is 0 Å². The van der Waals surface area contributed by atoms with Crippen LogP contribution in [0.3, 0.4) is 0 Å². The van der Waals surface area contributed by atoms with E-state index in [2.05, 4.69) is 49.6 Å². The van der Waals surface area contributed by atoms with Gasteiger partial charge in [0.05, 0.1) is 13.2 Å². The fourth-order valence-corrected chi connectivity index (χ4v) is 2.40. The number of aryl methyl sites for hydroxylation is 1. The van der Waals surface area contributed by atoms with E-state index in [1.807, 2.05) is 0 Å². The summed E-state index contributed by atoms with van der Waals surface area (Å²) in [7, 11) is 1.67. The first-order valence-corrected chi connectivity index (χ1v) is 10.0. The summed E-state index contributed by atoms with van der Waals surface area (Å²) in [5.74, 6) is 1.69. The van der Waals surface area contributed by atoms with Gasteiger partial charge in [0, 0.05) is 39.0 Å². The third-order valence-corrected chi connectivity index (χ3v) is 3.92. The molecular formula is C21H38IN3O3. The van der Waals surface area contributed by atoms with Crippen molar-refractivity contribution >= 4 is 29.9 Å². The first-order chi connectivity index (χ1) is 13.2. The zero-order chi connectivity index (χ0) is 19.7. The van der Waals surface area contributed by atoms with E-state index in [-0.39, 0.29) is 24.0 Å². The highest BCUT2D eigenvalue weighted by molar-refractivity contribution is 14.0. The van der Waals surface area contributed by atoms with Crippen molar-refractivity contribution in [3.05, 3.63) is 29.3 Å². The quantitative estimate of drug-likeness (QED) is 0.173. The number of unbranched alkanes of at least 4 members (excludes halogenated alkanes) is 1. The molecule has 0 aliphatic heterocycles. The summed E-state index contributed by atoms with van der Waals surface area (Å²) in [6.45, 7) is 11.3. The van der Waals surface area contributed by atoms with Gasteiger partial charge < -0.3 is 24.8 Å². The monoisotopic (exact) mass is 507 g/mol. The average Bonchev–Trinajstić information content (AvgIpc) is 2.66. The summed E-state index contributed by atoms with van der Waals surface area (Å²) in [6.07, 6.45) is 3.26. The zero-order valence-corrected chi connectivity index (χ0v) is 20.2. The number of rotatable bonds is 14. The Labute approximate surface area is 187 Å². The SMILES string of the molecule is CCCCOCCCNC(=NCc1ccc(C)cc1OCCOC)NCC.I. The molecular weight excluding hydrogens is 469 g/mol. The lowest BCUT2D eigenvalue weighted by atomic mass is 10.1. The number of methoxy groups -OCH3 is 1. The van der Waals surface area contributed by atoms with Crippen molar-refractivity contribution in [2.24, 2.45) is 4.99 Å². The Kier molecular flexibility index (Phi) is 17.3. The van der Waals surface area contributed by atoms with Crippen molar-refractivity contribution in [3.8, 4) is 5.75 Å². The minimum absolute atomic E-state index is 0. The van der Waals surface area contributed by atoms with Crippen molar-refractivity contribution < 1.29 is 14.2 Å². The Morgan fingerprint density at radius 1 is 1.04 bits per heavy atom. The second-order valence-electron chi connectivity index (χ2n) is 6.39. The van der Waals surface area contributed by atoms with Crippen molar-refractivity contribution in [3.63, 3.8) is 0 Å². The summed E-state index contributed by atoms with van der Waals surface area (Å²) in [5.41, 5.74) is 2.24. The van der Waals surface area contributed by atoms with Crippen LogP contribution in [0, 0.1) is 6.92 Å². The number of guanidine groups is 1.